The molecule has 2 rings (SSSR count). The van der Waals surface area contributed by atoms with Gasteiger partial charge in [0.2, 0.25) is 11.7 Å². The number of nitrogens with zero attached hydrogens (tertiary/aromatic N) is 2. The van der Waals surface area contributed by atoms with Crippen LogP contribution in [0.4, 0.5) is 14.9 Å². The third-order valence-corrected chi connectivity index (χ3v) is 3.47. The molecule has 0 aliphatic carbocycles. The van der Waals surface area contributed by atoms with Crippen molar-refractivity contribution in [2.24, 2.45) is 0 Å². The fourth-order valence-electron chi connectivity index (χ4n) is 2.25. The maximum atomic E-state index is 13.9. The topological polar surface area (TPSA) is 113 Å². The quantitative estimate of drug-likeness (QED) is 0.444. The third kappa shape index (κ3) is 4.41. The van der Waals surface area contributed by atoms with Crippen LogP contribution >= 0.6 is 0 Å². The molecule has 10 heteroatoms. The highest BCUT2D eigenvalue weighted by Crippen LogP contribution is 2.15. The lowest BCUT2D eigenvalue weighted by Gasteiger charge is -2.13. The number of amides is 4. The van der Waals surface area contributed by atoms with Crippen LogP contribution in [-0.4, -0.2) is 66.1 Å². The number of halogens is 1. The molecule has 1 aliphatic heterocycles. The molecule has 1 heterocycles. The first kappa shape index (κ1) is 19.0. The molecule has 1 aromatic carbocycles. The Balaban J connectivity index is 1.92. The minimum atomic E-state index is -0.967. The van der Waals surface area contributed by atoms with Crippen LogP contribution in [0.2, 0.25) is 0 Å². The van der Waals surface area contributed by atoms with Crippen LogP contribution < -0.4 is 5.32 Å². The second-order valence-corrected chi connectivity index (χ2v) is 5.58. The Kier molecular flexibility index (Phi) is 5.65. The van der Waals surface area contributed by atoms with Crippen molar-refractivity contribution in [2.45, 2.75) is 6.92 Å². The van der Waals surface area contributed by atoms with E-state index in [2.05, 4.69) is 5.32 Å². The van der Waals surface area contributed by atoms with Gasteiger partial charge >= 0.3 is 12.0 Å². The largest absolute Gasteiger partial charge is 0.456 e. The lowest BCUT2D eigenvalue weighted by Crippen LogP contribution is -2.37. The Labute approximate surface area is 147 Å². The van der Waals surface area contributed by atoms with Crippen LogP contribution in [0.25, 0.3) is 0 Å². The second kappa shape index (κ2) is 7.72. The van der Waals surface area contributed by atoms with Crippen molar-refractivity contribution in [1.82, 2.24) is 9.80 Å². The number of hydrogen-bond donors (Lipinski definition) is 1. The molecule has 26 heavy (non-hydrogen) atoms. The molecule has 0 unspecified atom stereocenters. The Hall–Kier alpha value is -3.30. The molecule has 4 amide bonds. The van der Waals surface area contributed by atoms with Gasteiger partial charge in [-0.2, -0.15) is 0 Å². The highest BCUT2D eigenvalue weighted by Gasteiger charge is 2.35. The summed E-state index contributed by atoms with van der Waals surface area (Å²) in [7, 11) is 1.41. The van der Waals surface area contributed by atoms with E-state index in [1.165, 1.54) is 20.0 Å². The highest BCUT2D eigenvalue weighted by atomic mass is 19.1. The zero-order valence-electron chi connectivity index (χ0n) is 14.1. The van der Waals surface area contributed by atoms with Gasteiger partial charge in [-0.05, 0) is 18.2 Å². The predicted octanol–water partition coefficient (Wildman–Crippen LogP) is 0.404. The molecule has 0 radical (unpaired) electrons. The van der Waals surface area contributed by atoms with Gasteiger partial charge in [0.15, 0.2) is 6.61 Å². The van der Waals surface area contributed by atoms with Crippen molar-refractivity contribution in [2.75, 3.05) is 32.1 Å². The van der Waals surface area contributed by atoms with Crippen LogP contribution in [0.15, 0.2) is 18.2 Å². The van der Waals surface area contributed by atoms with Gasteiger partial charge in [0.25, 0.3) is 5.91 Å². The number of benzene rings is 1. The van der Waals surface area contributed by atoms with Gasteiger partial charge in [-0.3, -0.25) is 24.1 Å². The molecule has 1 fully saturated rings. The van der Waals surface area contributed by atoms with Crippen molar-refractivity contribution >= 4 is 35.3 Å². The van der Waals surface area contributed by atoms with Crippen molar-refractivity contribution in [3.63, 3.8) is 0 Å². The van der Waals surface area contributed by atoms with E-state index in [9.17, 15) is 28.4 Å². The number of imide groups is 1. The van der Waals surface area contributed by atoms with Crippen molar-refractivity contribution in [3.05, 3.63) is 29.6 Å². The second-order valence-electron chi connectivity index (χ2n) is 5.58. The summed E-state index contributed by atoms with van der Waals surface area (Å²) in [5, 5.41) is 2.37. The predicted molar refractivity (Wildman–Crippen MR) is 85.7 cm³/mol. The molecule has 0 atom stereocenters. The fourth-order valence-corrected chi connectivity index (χ4v) is 2.25. The highest BCUT2D eigenvalue weighted by molar-refractivity contribution is 6.04. The van der Waals surface area contributed by atoms with E-state index in [-0.39, 0.29) is 17.8 Å². The lowest BCUT2D eigenvalue weighted by molar-refractivity contribution is -0.145. The van der Waals surface area contributed by atoms with Crippen molar-refractivity contribution in [1.29, 1.82) is 0 Å². The normalized spacial score (nSPS) is 13.8. The molecular weight excluding hydrogens is 349 g/mol. The number of likely N-dealkylation sites (N-methyl/N-ethyl adjacent to an activating group) is 1. The van der Waals surface area contributed by atoms with E-state index < -0.39 is 48.6 Å². The fraction of sp³-hybridized carbons (Fsp3) is 0.312. The number of esters is 1. The van der Waals surface area contributed by atoms with E-state index in [1.807, 2.05) is 0 Å². The lowest BCUT2D eigenvalue weighted by atomic mass is 10.1. The molecule has 0 spiro atoms. The number of hydrogen-bond acceptors (Lipinski definition) is 6. The van der Waals surface area contributed by atoms with Crippen molar-refractivity contribution < 1.29 is 33.1 Å². The number of carbonyl (C=O) groups excluding carboxylic acids is 5. The van der Waals surface area contributed by atoms with E-state index in [0.717, 1.165) is 17.0 Å². The van der Waals surface area contributed by atoms with Gasteiger partial charge in [-0.15, -0.1) is 0 Å². The molecule has 1 aromatic rings. The van der Waals surface area contributed by atoms with Crippen molar-refractivity contribution in [3.8, 4) is 0 Å². The smallest absolute Gasteiger partial charge is 0.327 e. The zero-order chi connectivity index (χ0) is 19.4. The van der Waals surface area contributed by atoms with Crippen LogP contribution in [0.3, 0.4) is 0 Å². The first-order valence-corrected chi connectivity index (χ1v) is 7.50. The monoisotopic (exact) mass is 365 g/mol. The Bertz CT molecular complexity index is 794. The number of carbonyl (C=O) groups is 5. The number of nitrogens with one attached hydrogen (secondary N) is 1. The van der Waals surface area contributed by atoms with Gasteiger partial charge in [0.1, 0.15) is 18.9 Å². The Morgan fingerprint density at radius 3 is 2.50 bits per heavy atom. The zero-order valence-corrected chi connectivity index (χ0v) is 14.1. The number of rotatable bonds is 6. The standard InChI is InChI=1S/C16H16FN3O6/c1-9(21)18-10-3-4-11(12(17)5-10)13(22)8-26-15(24)7-20-14(23)6-19(2)16(20)25/h3-5H,6-8H2,1-2H3,(H,18,21). The molecule has 1 N–H and O–H groups in total. The maximum absolute atomic E-state index is 13.9. The summed E-state index contributed by atoms with van der Waals surface area (Å²) in [6.45, 7) is -0.262. The molecule has 1 saturated heterocycles. The van der Waals surface area contributed by atoms with Crippen LogP contribution in [0, 0.1) is 5.82 Å². The minimum absolute atomic E-state index is 0.142. The summed E-state index contributed by atoms with van der Waals surface area (Å²) in [4.78, 5) is 59.6. The van der Waals surface area contributed by atoms with Gasteiger partial charge in [-0.1, -0.05) is 0 Å². The van der Waals surface area contributed by atoms with E-state index in [0.29, 0.717) is 4.90 Å². The number of anilines is 1. The molecule has 9 nitrogen and oxygen atoms in total. The number of ketones is 1. The molecule has 1 aliphatic rings. The average molecular weight is 365 g/mol. The summed E-state index contributed by atoms with van der Waals surface area (Å²) in [6.07, 6.45) is 0. The molecule has 0 bridgehead atoms. The van der Waals surface area contributed by atoms with E-state index in [4.69, 9.17) is 4.74 Å². The molecule has 0 aromatic heterocycles. The first-order chi connectivity index (χ1) is 12.2. The first-order valence-electron chi connectivity index (χ1n) is 7.50. The van der Waals surface area contributed by atoms with Crippen LogP contribution in [-0.2, 0) is 19.1 Å². The summed E-state index contributed by atoms with van der Waals surface area (Å²) in [5.41, 5.74) is -0.140. The van der Waals surface area contributed by atoms with Crippen LogP contribution in [0.1, 0.15) is 17.3 Å². The Morgan fingerprint density at radius 1 is 1.27 bits per heavy atom. The SMILES string of the molecule is CC(=O)Nc1ccc(C(=O)COC(=O)CN2C(=O)CN(C)C2=O)c(F)c1. The summed E-state index contributed by atoms with van der Waals surface area (Å²) < 4.78 is 18.6. The summed E-state index contributed by atoms with van der Waals surface area (Å²) in [6, 6.07) is 2.81. The molecule has 138 valence electrons. The minimum Gasteiger partial charge on any atom is -0.456 e. The summed E-state index contributed by atoms with van der Waals surface area (Å²) in [5.74, 6) is -3.61. The van der Waals surface area contributed by atoms with Crippen LogP contribution in [0.5, 0.6) is 0 Å². The van der Waals surface area contributed by atoms with E-state index in [1.54, 1.807) is 0 Å². The number of ether oxygens (including phenoxy) is 1. The van der Waals surface area contributed by atoms with Gasteiger partial charge in [0, 0.05) is 19.7 Å². The van der Waals surface area contributed by atoms with E-state index >= 15 is 0 Å². The third-order valence-electron chi connectivity index (χ3n) is 3.47. The van der Waals surface area contributed by atoms with Gasteiger partial charge in [0.05, 0.1) is 5.56 Å². The molecule has 0 saturated carbocycles. The van der Waals surface area contributed by atoms with Gasteiger partial charge < -0.3 is 15.0 Å². The maximum Gasteiger partial charge on any atom is 0.327 e. The number of urea groups is 1. The molecular formula is C16H16FN3O6. The average Bonchev–Trinajstić information content (AvgIpc) is 2.78. The van der Waals surface area contributed by atoms with Gasteiger partial charge in [-0.25, -0.2) is 9.18 Å². The Morgan fingerprint density at radius 2 is 1.96 bits per heavy atom. The number of Topliss-reactive ketones (excluding diaryl/α,β-unsaturated/α-hetero) is 1. The summed E-state index contributed by atoms with van der Waals surface area (Å²) >= 11 is 0.